The number of para-hydroxylation sites is 1. The molecule has 0 radical (unpaired) electrons. The number of rotatable bonds is 8. The van der Waals surface area contributed by atoms with E-state index >= 15 is 0 Å². The number of hydrogen-bond donors (Lipinski definition) is 1. The summed E-state index contributed by atoms with van der Waals surface area (Å²) in [5, 5.41) is 3.03. The van der Waals surface area contributed by atoms with Crippen LogP contribution in [0.4, 0.5) is 0 Å². The molecule has 0 saturated carbocycles. The zero-order chi connectivity index (χ0) is 15.9. The first-order valence-corrected chi connectivity index (χ1v) is 7.46. The van der Waals surface area contributed by atoms with Gasteiger partial charge in [0.25, 0.3) is 0 Å². The molecule has 0 aromatic heterocycles. The van der Waals surface area contributed by atoms with Gasteiger partial charge in [-0.1, -0.05) is 18.2 Å². The number of hydrogen-bond acceptors (Lipinski definition) is 3. The lowest BCUT2D eigenvalue weighted by Gasteiger charge is -2.26. The molecule has 118 valence electrons. The number of carbonyl (C=O) groups is 1. The summed E-state index contributed by atoms with van der Waals surface area (Å²) in [6.07, 6.45) is 2.08. The van der Waals surface area contributed by atoms with E-state index in [4.69, 9.17) is 4.74 Å². The highest BCUT2D eigenvalue weighted by Crippen LogP contribution is 2.31. The lowest BCUT2D eigenvalue weighted by Crippen LogP contribution is -2.40. The lowest BCUT2D eigenvalue weighted by atomic mass is 9.83. The van der Waals surface area contributed by atoms with Crippen LogP contribution in [0, 0.1) is 0 Å². The fourth-order valence-electron chi connectivity index (χ4n) is 2.26. The Balaban J connectivity index is 2.59. The molecule has 0 atom stereocenters. The minimum atomic E-state index is -0.603. The molecule has 1 amide bonds. The van der Waals surface area contributed by atoms with E-state index in [1.54, 1.807) is 7.11 Å². The first-order chi connectivity index (χ1) is 9.89. The van der Waals surface area contributed by atoms with Gasteiger partial charge in [0.15, 0.2) is 0 Å². The van der Waals surface area contributed by atoms with Crippen molar-refractivity contribution < 1.29 is 9.53 Å². The quantitative estimate of drug-likeness (QED) is 0.748. The third-order valence-electron chi connectivity index (χ3n) is 3.67. The van der Waals surface area contributed by atoms with Crippen LogP contribution in [0.3, 0.4) is 0 Å². The standard InChI is InChI=1S/C17H28N2O2/c1-17(2,14-10-6-7-11-15(14)21-5)16(20)18-12-8-9-13-19(3)4/h6-7,10-11H,8-9,12-13H2,1-5H3,(H,18,20). The SMILES string of the molecule is COc1ccccc1C(C)(C)C(=O)NCCCCN(C)C. The third kappa shape index (κ3) is 5.05. The fraction of sp³-hybridized carbons (Fsp3) is 0.588. The smallest absolute Gasteiger partial charge is 0.230 e. The minimum Gasteiger partial charge on any atom is -0.496 e. The number of nitrogens with one attached hydrogen (secondary N) is 1. The van der Waals surface area contributed by atoms with E-state index in [2.05, 4.69) is 24.3 Å². The van der Waals surface area contributed by atoms with E-state index in [1.807, 2.05) is 38.1 Å². The Morgan fingerprint density at radius 2 is 1.90 bits per heavy atom. The molecule has 4 heteroatoms. The molecule has 0 unspecified atom stereocenters. The average Bonchev–Trinajstić information content (AvgIpc) is 2.46. The number of carbonyl (C=O) groups excluding carboxylic acids is 1. The summed E-state index contributed by atoms with van der Waals surface area (Å²) < 4.78 is 5.37. The fourth-order valence-corrected chi connectivity index (χ4v) is 2.26. The maximum atomic E-state index is 12.5. The van der Waals surface area contributed by atoms with Crippen LogP contribution in [0.15, 0.2) is 24.3 Å². The molecule has 1 rings (SSSR count). The molecule has 0 spiro atoms. The second-order valence-corrected chi connectivity index (χ2v) is 6.09. The summed E-state index contributed by atoms with van der Waals surface area (Å²) >= 11 is 0. The van der Waals surface area contributed by atoms with Gasteiger partial charge in [-0.25, -0.2) is 0 Å². The van der Waals surface area contributed by atoms with Crippen molar-refractivity contribution in [3.63, 3.8) is 0 Å². The van der Waals surface area contributed by atoms with Crippen molar-refractivity contribution in [3.8, 4) is 5.75 Å². The average molecular weight is 292 g/mol. The molecule has 4 nitrogen and oxygen atoms in total. The van der Waals surface area contributed by atoms with Gasteiger partial charge in [0.1, 0.15) is 5.75 Å². The van der Waals surface area contributed by atoms with Crippen molar-refractivity contribution in [1.82, 2.24) is 10.2 Å². The van der Waals surface area contributed by atoms with Gasteiger partial charge < -0.3 is 15.0 Å². The largest absolute Gasteiger partial charge is 0.496 e. The molecule has 1 aromatic rings. The molecule has 0 bridgehead atoms. The highest BCUT2D eigenvalue weighted by molar-refractivity contribution is 5.88. The highest BCUT2D eigenvalue weighted by Gasteiger charge is 2.32. The first-order valence-electron chi connectivity index (χ1n) is 7.46. The number of methoxy groups -OCH3 is 1. The van der Waals surface area contributed by atoms with Crippen molar-refractivity contribution in [3.05, 3.63) is 29.8 Å². The van der Waals surface area contributed by atoms with Gasteiger partial charge in [-0.15, -0.1) is 0 Å². The van der Waals surface area contributed by atoms with Gasteiger partial charge in [0, 0.05) is 12.1 Å². The molecule has 21 heavy (non-hydrogen) atoms. The molecule has 0 heterocycles. The predicted octanol–water partition coefficient (Wildman–Crippen LogP) is 2.43. The molecular formula is C17H28N2O2. The van der Waals surface area contributed by atoms with Crippen molar-refractivity contribution in [2.45, 2.75) is 32.1 Å². The molecule has 1 N–H and O–H groups in total. The van der Waals surface area contributed by atoms with Gasteiger partial charge >= 0.3 is 0 Å². The highest BCUT2D eigenvalue weighted by atomic mass is 16.5. The summed E-state index contributed by atoms with van der Waals surface area (Å²) in [5.74, 6) is 0.794. The van der Waals surface area contributed by atoms with E-state index < -0.39 is 5.41 Å². The summed E-state index contributed by atoms with van der Waals surface area (Å²) in [5.41, 5.74) is 0.312. The van der Waals surface area contributed by atoms with Crippen LogP contribution in [0.2, 0.25) is 0 Å². The predicted molar refractivity (Wildman–Crippen MR) is 86.8 cm³/mol. The van der Waals surface area contributed by atoms with E-state index in [0.717, 1.165) is 30.7 Å². The zero-order valence-electron chi connectivity index (χ0n) is 13.9. The van der Waals surface area contributed by atoms with Gasteiger partial charge in [-0.05, 0) is 53.4 Å². The Morgan fingerprint density at radius 1 is 1.24 bits per heavy atom. The van der Waals surface area contributed by atoms with Crippen molar-refractivity contribution >= 4 is 5.91 Å². The van der Waals surface area contributed by atoms with Gasteiger partial charge in [-0.3, -0.25) is 4.79 Å². The number of ether oxygens (including phenoxy) is 1. The topological polar surface area (TPSA) is 41.6 Å². The Labute approximate surface area is 128 Å². The van der Waals surface area contributed by atoms with E-state index in [9.17, 15) is 4.79 Å². The molecule has 0 aliphatic carbocycles. The maximum absolute atomic E-state index is 12.5. The van der Waals surface area contributed by atoms with Crippen LogP contribution in [0.25, 0.3) is 0 Å². The molecule has 0 fully saturated rings. The zero-order valence-corrected chi connectivity index (χ0v) is 13.9. The summed E-state index contributed by atoms with van der Waals surface area (Å²) in [4.78, 5) is 14.6. The third-order valence-corrected chi connectivity index (χ3v) is 3.67. The van der Waals surface area contributed by atoms with Crippen LogP contribution in [-0.2, 0) is 10.2 Å². The molecule has 1 aromatic carbocycles. The molecular weight excluding hydrogens is 264 g/mol. The maximum Gasteiger partial charge on any atom is 0.230 e. The van der Waals surface area contributed by atoms with Gasteiger partial charge in [-0.2, -0.15) is 0 Å². The Kier molecular flexibility index (Phi) is 6.69. The summed E-state index contributed by atoms with van der Waals surface area (Å²) in [7, 11) is 5.75. The van der Waals surface area contributed by atoms with Gasteiger partial charge in [0.2, 0.25) is 5.91 Å². The van der Waals surface area contributed by atoms with Crippen LogP contribution in [0.5, 0.6) is 5.75 Å². The van der Waals surface area contributed by atoms with Crippen LogP contribution in [0.1, 0.15) is 32.3 Å². The minimum absolute atomic E-state index is 0.0388. The number of amides is 1. The number of unbranched alkanes of at least 4 members (excludes halogenated alkanes) is 1. The normalized spacial score (nSPS) is 11.5. The number of benzene rings is 1. The van der Waals surface area contributed by atoms with Crippen molar-refractivity contribution in [2.24, 2.45) is 0 Å². The second-order valence-electron chi connectivity index (χ2n) is 6.09. The van der Waals surface area contributed by atoms with Crippen molar-refractivity contribution in [1.29, 1.82) is 0 Å². The van der Waals surface area contributed by atoms with Gasteiger partial charge in [0.05, 0.1) is 12.5 Å². The Morgan fingerprint density at radius 3 is 2.52 bits per heavy atom. The molecule has 0 aliphatic rings. The van der Waals surface area contributed by atoms with Crippen LogP contribution in [-0.4, -0.2) is 45.1 Å². The van der Waals surface area contributed by atoms with E-state index in [0.29, 0.717) is 6.54 Å². The summed E-state index contributed by atoms with van der Waals surface area (Å²) in [6, 6.07) is 7.69. The van der Waals surface area contributed by atoms with E-state index in [1.165, 1.54) is 0 Å². The Bertz CT molecular complexity index is 456. The molecule has 0 aliphatic heterocycles. The lowest BCUT2D eigenvalue weighted by molar-refractivity contribution is -0.125. The Hall–Kier alpha value is -1.55. The number of nitrogens with zero attached hydrogens (tertiary/aromatic N) is 1. The summed E-state index contributed by atoms with van der Waals surface area (Å²) in [6.45, 7) is 5.62. The van der Waals surface area contributed by atoms with E-state index in [-0.39, 0.29) is 5.91 Å². The van der Waals surface area contributed by atoms with Crippen LogP contribution >= 0.6 is 0 Å². The van der Waals surface area contributed by atoms with Crippen LogP contribution < -0.4 is 10.1 Å². The molecule has 0 saturated heterocycles. The second kappa shape index (κ2) is 8.03. The van der Waals surface area contributed by atoms with Crippen molar-refractivity contribution in [2.75, 3.05) is 34.3 Å². The first kappa shape index (κ1) is 17.5. The monoisotopic (exact) mass is 292 g/mol.